The molecule has 5 rings (SSSR count). The molecule has 0 aliphatic carbocycles. The molecular weight excluding hydrogens is 430 g/mol. The Morgan fingerprint density at radius 3 is 2.82 bits per heavy atom. The number of benzene rings is 1. The Morgan fingerprint density at radius 1 is 1.21 bits per heavy atom. The molecule has 1 amide bonds. The van der Waals surface area contributed by atoms with Gasteiger partial charge in [-0.15, -0.1) is 0 Å². The summed E-state index contributed by atoms with van der Waals surface area (Å²) >= 11 is 0. The normalized spacial score (nSPS) is 17.1. The van der Waals surface area contributed by atoms with E-state index in [1.165, 1.54) is 0 Å². The van der Waals surface area contributed by atoms with Crippen LogP contribution in [0, 0.1) is 0 Å². The summed E-state index contributed by atoms with van der Waals surface area (Å²) in [6, 6.07) is 11.9. The minimum absolute atomic E-state index is 0.0487. The Hall–Kier alpha value is -3.72. The number of ether oxygens (including phenoxy) is 1. The molecule has 1 N–H and O–H groups in total. The van der Waals surface area contributed by atoms with E-state index in [1.807, 2.05) is 53.2 Å². The van der Waals surface area contributed by atoms with Gasteiger partial charge in [-0.05, 0) is 24.6 Å². The van der Waals surface area contributed by atoms with Crippen molar-refractivity contribution in [1.29, 1.82) is 0 Å². The molecule has 4 aromatic rings. The molecule has 0 bridgehead atoms. The summed E-state index contributed by atoms with van der Waals surface area (Å²) in [6.45, 7) is 4.68. The Balaban J connectivity index is 1.41. The van der Waals surface area contributed by atoms with Crippen LogP contribution in [0.15, 0.2) is 48.8 Å². The summed E-state index contributed by atoms with van der Waals surface area (Å²) in [4.78, 5) is 29.6. The van der Waals surface area contributed by atoms with Crippen molar-refractivity contribution < 1.29 is 9.53 Å². The van der Waals surface area contributed by atoms with Crippen LogP contribution in [-0.4, -0.2) is 67.2 Å². The van der Waals surface area contributed by atoms with Crippen molar-refractivity contribution >= 4 is 16.8 Å². The summed E-state index contributed by atoms with van der Waals surface area (Å²) in [5.74, 6) is 1.37. The molecule has 34 heavy (non-hydrogen) atoms. The lowest BCUT2D eigenvalue weighted by molar-refractivity contribution is -0.131. The van der Waals surface area contributed by atoms with Gasteiger partial charge in [0.1, 0.15) is 5.82 Å². The number of aromatic amines is 1. The number of hydrogen-bond donors (Lipinski definition) is 1. The van der Waals surface area contributed by atoms with Crippen molar-refractivity contribution in [2.45, 2.75) is 25.9 Å². The highest BCUT2D eigenvalue weighted by Crippen LogP contribution is 2.33. The minimum Gasteiger partial charge on any atom is -0.480 e. The highest BCUT2D eigenvalue weighted by Gasteiger charge is 2.30. The molecule has 1 atom stereocenters. The number of aryl methyl sites for hydroxylation is 1. The molecule has 4 heterocycles. The molecule has 0 radical (unpaired) electrons. The van der Waals surface area contributed by atoms with E-state index in [0.29, 0.717) is 12.4 Å². The molecule has 1 saturated heterocycles. The van der Waals surface area contributed by atoms with Gasteiger partial charge in [0.25, 0.3) is 0 Å². The number of methoxy groups -OCH3 is 1. The van der Waals surface area contributed by atoms with Crippen LogP contribution in [0.3, 0.4) is 0 Å². The maximum atomic E-state index is 12.5. The fourth-order valence-corrected chi connectivity index (χ4v) is 4.66. The Labute approximate surface area is 198 Å². The lowest BCUT2D eigenvalue weighted by atomic mass is 10.1. The van der Waals surface area contributed by atoms with Crippen LogP contribution in [-0.2, 0) is 18.4 Å². The summed E-state index contributed by atoms with van der Waals surface area (Å²) in [5, 5.41) is 5.53. The van der Waals surface area contributed by atoms with Gasteiger partial charge in [0.2, 0.25) is 11.8 Å². The van der Waals surface area contributed by atoms with E-state index in [4.69, 9.17) is 9.72 Å². The molecule has 1 unspecified atom stereocenters. The lowest BCUT2D eigenvalue weighted by Crippen LogP contribution is -2.35. The largest absolute Gasteiger partial charge is 0.480 e. The zero-order chi connectivity index (χ0) is 23.7. The minimum atomic E-state index is -0.126. The van der Waals surface area contributed by atoms with Crippen LogP contribution in [0.5, 0.6) is 5.88 Å². The van der Waals surface area contributed by atoms with Crippen molar-refractivity contribution in [3.63, 3.8) is 0 Å². The third-order valence-electron chi connectivity index (χ3n) is 6.39. The highest BCUT2D eigenvalue weighted by atomic mass is 16.5. The smallest absolute Gasteiger partial charge is 0.223 e. The number of para-hydroxylation sites is 1. The van der Waals surface area contributed by atoms with E-state index in [-0.39, 0.29) is 11.9 Å². The lowest BCUT2D eigenvalue weighted by Gasteiger charge is -2.27. The molecular formula is C25H29N7O2. The number of carbonyl (C=O) groups is 1. The van der Waals surface area contributed by atoms with Crippen LogP contribution < -0.4 is 4.74 Å². The van der Waals surface area contributed by atoms with Gasteiger partial charge in [-0.25, -0.2) is 9.97 Å². The molecule has 9 heteroatoms. The van der Waals surface area contributed by atoms with Gasteiger partial charge >= 0.3 is 0 Å². The number of fused-ring (bicyclic) bond motifs is 1. The molecule has 0 spiro atoms. The predicted octanol–water partition coefficient (Wildman–Crippen LogP) is 3.16. The van der Waals surface area contributed by atoms with Gasteiger partial charge in [0.05, 0.1) is 41.8 Å². The number of nitrogens with one attached hydrogen (secondary N) is 1. The molecule has 3 aromatic heterocycles. The number of rotatable bonds is 5. The summed E-state index contributed by atoms with van der Waals surface area (Å²) in [7, 11) is 3.55. The van der Waals surface area contributed by atoms with Crippen LogP contribution in [0.25, 0.3) is 22.2 Å². The van der Waals surface area contributed by atoms with Gasteiger partial charge in [-0.3, -0.25) is 14.4 Å². The number of carbonyl (C=O) groups excluding carboxylic acids is 1. The number of nitrogens with zero attached hydrogens (tertiary/aromatic N) is 6. The van der Waals surface area contributed by atoms with E-state index >= 15 is 0 Å². The zero-order valence-electron chi connectivity index (χ0n) is 19.7. The van der Waals surface area contributed by atoms with Gasteiger partial charge in [0, 0.05) is 51.7 Å². The van der Waals surface area contributed by atoms with E-state index in [9.17, 15) is 4.79 Å². The van der Waals surface area contributed by atoms with Crippen LogP contribution in [0.1, 0.15) is 30.9 Å². The molecule has 0 saturated carbocycles. The Morgan fingerprint density at radius 2 is 2.06 bits per heavy atom. The SMILES string of the molecule is COc1nc2ccccc2cc1-c1cnc(C2CCN(Cc3ccn(C)n3)CCN2C(C)=O)[nH]1. The Bertz CT molecular complexity index is 1310. The van der Waals surface area contributed by atoms with Crippen molar-refractivity contribution in [1.82, 2.24) is 34.5 Å². The maximum Gasteiger partial charge on any atom is 0.223 e. The fraction of sp³-hybridized carbons (Fsp3) is 0.360. The first-order chi connectivity index (χ1) is 16.5. The third-order valence-corrected chi connectivity index (χ3v) is 6.39. The van der Waals surface area contributed by atoms with E-state index in [0.717, 1.165) is 59.7 Å². The van der Waals surface area contributed by atoms with Crippen molar-refractivity contribution in [2.75, 3.05) is 26.7 Å². The van der Waals surface area contributed by atoms with Crippen molar-refractivity contribution in [2.24, 2.45) is 7.05 Å². The summed E-state index contributed by atoms with van der Waals surface area (Å²) < 4.78 is 7.39. The van der Waals surface area contributed by atoms with E-state index in [2.05, 4.69) is 26.0 Å². The standard InChI is InChI=1S/C25H29N7O2/c1-17(33)32-13-12-31(16-19-8-10-30(2)29-19)11-9-23(32)24-26-15-22(27-24)20-14-18-6-4-5-7-21(18)28-25(20)34-3/h4-8,10,14-15,23H,9,11-13,16H2,1-3H3,(H,26,27). The summed E-state index contributed by atoms with van der Waals surface area (Å²) in [5.41, 5.74) is 3.58. The monoisotopic (exact) mass is 459 g/mol. The van der Waals surface area contributed by atoms with Gasteiger partial charge in [-0.2, -0.15) is 5.10 Å². The Kier molecular flexibility index (Phi) is 6.02. The summed E-state index contributed by atoms with van der Waals surface area (Å²) in [6.07, 6.45) is 4.54. The topological polar surface area (TPSA) is 92.2 Å². The number of H-pyrrole nitrogens is 1. The molecule has 1 fully saturated rings. The fourth-order valence-electron chi connectivity index (χ4n) is 4.66. The first kappa shape index (κ1) is 22.1. The molecule has 1 aliphatic heterocycles. The molecule has 1 aromatic carbocycles. The average molecular weight is 460 g/mol. The number of hydrogen-bond acceptors (Lipinski definition) is 6. The van der Waals surface area contributed by atoms with Crippen molar-refractivity contribution in [3.05, 3.63) is 60.3 Å². The maximum absolute atomic E-state index is 12.5. The average Bonchev–Trinajstić information content (AvgIpc) is 3.43. The first-order valence-electron chi connectivity index (χ1n) is 11.5. The zero-order valence-corrected chi connectivity index (χ0v) is 19.7. The number of aromatic nitrogens is 5. The van der Waals surface area contributed by atoms with Gasteiger partial charge in [0.15, 0.2) is 0 Å². The molecule has 1 aliphatic rings. The molecule has 9 nitrogen and oxygen atoms in total. The number of imidazole rings is 1. The highest BCUT2D eigenvalue weighted by molar-refractivity contribution is 5.85. The van der Waals surface area contributed by atoms with Crippen LogP contribution in [0.4, 0.5) is 0 Å². The number of amides is 1. The third kappa shape index (κ3) is 4.38. The molecule has 176 valence electrons. The van der Waals surface area contributed by atoms with Crippen LogP contribution >= 0.6 is 0 Å². The first-order valence-corrected chi connectivity index (χ1v) is 11.5. The second kappa shape index (κ2) is 9.26. The van der Waals surface area contributed by atoms with E-state index < -0.39 is 0 Å². The van der Waals surface area contributed by atoms with Crippen molar-refractivity contribution in [3.8, 4) is 17.1 Å². The second-order valence-corrected chi connectivity index (χ2v) is 8.69. The van der Waals surface area contributed by atoms with E-state index in [1.54, 1.807) is 20.2 Å². The predicted molar refractivity (Wildman–Crippen MR) is 129 cm³/mol. The van der Waals surface area contributed by atoms with Gasteiger partial charge in [-0.1, -0.05) is 18.2 Å². The van der Waals surface area contributed by atoms with Crippen LogP contribution in [0.2, 0.25) is 0 Å². The number of pyridine rings is 1. The quantitative estimate of drug-likeness (QED) is 0.493. The second-order valence-electron chi connectivity index (χ2n) is 8.69. The van der Waals surface area contributed by atoms with Gasteiger partial charge < -0.3 is 14.6 Å².